The number of fused-ring (bicyclic) bond motifs is 1. The highest BCUT2D eigenvalue weighted by atomic mass is 32.2. The van der Waals surface area contributed by atoms with Crippen molar-refractivity contribution in [3.63, 3.8) is 0 Å². The molecule has 0 bridgehead atoms. The Morgan fingerprint density at radius 1 is 1.23 bits per heavy atom. The SMILES string of the molecule is Cc1cc(SCCC(=O)N(C)C)cc2c(Nc3cccc(F)c3)c(C(N)=O)cnc12. The van der Waals surface area contributed by atoms with Crippen LogP contribution in [-0.2, 0) is 4.79 Å². The summed E-state index contributed by atoms with van der Waals surface area (Å²) < 4.78 is 13.7. The van der Waals surface area contributed by atoms with Crippen LogP contribution >= 0.6 is 11.8 Å². The van der Waals surface area contributed by atoms with Gasteiger partial charge in [0.25, 0.3) is 5.91 Å². The molecule has 0 fully saturated rings. The van der Waals surface area contributed by atoms with E-state index >= 15 is 0 Å². The number of hydrogen-bond donors (Lipinski definition) is 2. The van der Waals surface area contributed by atoms with E-state index in [1.165, 1.54) is 18.3 Å². The predicted molar refractivity (Wildman–Crippen MR) is 119 cm³/mol. The highest BCUT2D eigenvalue weighted by Gasteiger charge is 2.16. The molecule has 3 N–H and O–H groups in total. The third-order valence-electron chi connectivity index (χ3n) is 4.58. The van der Waals surface area contributed by atoms with E-state index < -0.39 is 11.7 Å². The number of nitrogens with one attached hydrogen (secondary N) is 1. The second-order valence-electron chi connectivity index (χ2n) is 7.07. The Labute approximate surface area is 178 Å². The summed E-state index contributed by atoms with van der Waals surface area (Å²) in [5.41, 5.74) is 8.40. The fourth-order valence-electron chi connectivity index (χ4n) is 3.04. The highest BCUT2D eigenvalue weighted by Crippen LogP contribution is 2.34. The number of pyridine rings is 1. The van der Waals surface area contributed by atoms with Crippen LogP contribution in [0.2, 0.25) is 0 Å². The van der Waals surface area contributed by atoms with Crippen LogP contribution in [0.5, 0.6) is 0 Å². The van der Waals surface area contributed by atoms with Crippen molar-refractivity contribution in [3.05, 3.63) is 59.5 Å². The van der Waals surface area contributed by atoms with Gasteiger partial charge in [0.15, 0.2) is 0 Å². The standard InChI is InChI=1S/C22H23FN4O2S/c1-13-9-16(30-8-7-19(28)27(2)3)11-17-20(13)25-12-18(22(24)29)21(17)26-15-6-4-5-14(23)10-15/h4-6,9-12H,7-8H2,1-3H3,(H2,24,29)(H,25,26). The Morgan fingerprint density at radius 3 is 2.67 bits per heavy atom. The van der Waals surface area contributed by atoms with Gasteiger partial charge in [-0.3, -0.25) is 14.6 Å². The maximum Gasteiger partial charge on any atom is 0.252 e. The first-order valence-electron chi connectivity index (χ1n) is 9.35. The van der Waals surface area contributed by atoms with E-state index in [1.807, 2.05) is 19.1 Å². The average Bonchev–Trinajstić information content (AvgIpc) is 2.68. The van der Waals surface area contributed by atoms with Gasteiger partial charge in [-0.1, -0.05) is 6.07 Å². The lowest BCUT2D eigenvalue weighted by molar-refractivity contribution is -0.128. The second-order valence-corrected chi connectivity index (χ2v) is 8.24. The number of halogens is 1. The van der Waals surface area contributed by atoms with E-state index in [0.29, 0.717) is 34.5 Å². The molecule has 0 saturated heterocycles. The number of aromatic nitrogens is 1. The molecule has 8 heteroatoms. The topological polar surface area (TPSA) is 88.3 Å². The van der Waals surface area contributed by atoms with Crippen LogP contribution in [0.3, 0.4) is 0 Å². The minimum atomic E-state index is -0.629. The molecule has 0 spiro atoms. The average molecular weight is 427 g/mol. The molecule has 1 aromatic heterocycles. The highest BCUT2D eigenvalue weighted by molar-refractivity contribution is 7.99. The van der Waals surface area contributed by atoms with Gasteiger partial charge in [-0.25, -0.2) is 4.39 Å². The van der Waals surface area contributed by atoms with Gasteiger partial charge in [0.1, 0.15) is 5.82 Å². The van der Waals surface area contributed by atoms with Crippen LogP contribution in [0.15, 0.2) is 47.5 Å². The molecule has 3 rings (SSSR count). The number of carbonyl (C=O) groups is 2. The lowest BCUT2D eigenvalue weighted by Crippen LogP contribution is -2.21. The summed E-state index contributed by atoms with van der Waals surface area (Å²) >= 11 is 1.55. The summed E-state index contributed by atoms with van der Waals surface area (Å²) in [6, 6.07) is 9.88. The zero-order valence-electron chi connectivity index (χ0n) is 17.0. The number of nitrogens with two attached hydrogens (primary N) is 1. The van der Waals surface area contributed by atoms with Crippen molar-refractivity contribution in [1.29, 1.82) is 0 Å². The van der Waals surface area contributed by atoms with Gasteiger partial charge in [-0.2, -0.15) is 0 Å². The number of carbonyl (C=O) groups excluding carboxylic acids is 2. The van der Waals surface area contributed by atoms with Crippen LogP contribution in [0, 0.1) is 12.7 Å². The van der Waals surface area contributed by atoms with Gasteiger partial charge in [0.05, 0.1) is 16.8 Å². The van der Waals surface area contributed by atoms with E-state index in [4.69, 9.17) is 5.73 Å². The minimum Gasteiger partial charge on any atom is -0.365 e. The van der Waals surface area contributed by atoms with Crippen LogP contribution in [-0.4, -0.2) is 41.5 Å². The van der Waals surface area contributed by atoms with Crippen LogP contribution in [0.1, 0.15) is 22.3 Å². The monoisotopic (exact) mass is 426 g/mol. The third-order valence-corrected chi connectivity index (χ3v) is 5.56. The summed E-state index contributed by atoms with van der Waals surface area (Å²) in [6.45, 7) is 1.93. The molecule has 0 aliphatic rings. The molecule has 0 unspecified atom stereocenters. The molecule has 2 amide bonds. The van der Waals surface area contributed by atoms with E-state index in [-0.39, 0.29) is 11.5 Å². The zero-order chi connectivity index (χ0) is 21.8. The first-order chi connectivity index (χ1) is 14.3. The van der Waals surface area contributed by atoms with Crippen molar-refractivity contribution in [2.24, 2.45) is 5.73 Å². The first-order valence-corrected chi connectivity index (χ1v) is 10.3. The maximum atomic E-state index is 13.7. The third kappa shape index (κ3) is 4.88. The molecule has 3 aromatic rings. The number of aryl methyl sites for hydroxylation is 1. The number of rotatable bonds is 7. The second kappa shape index (κ2) is 9.13. The number of thioether (sulfide) groups is 1. The predicted octanol–water partition coefficient (Wildman–Crippen LogP) is 4.10. The Bertz CT molecular complexity index is 1120. The summed E-state index contributed by atoms with van der Waals surface area (Å²) in [5.74, 6) is -0.337. The molecule has 2 aromatic carbocycles. The Kier molecular flexibility index (Phi) is 6.56. The van der Waals surface area contributed by atoms with Crippen LogP contribution < -0.4 is 11.1 Å². The smallest absolute Gasteiger partial charge is 0.252 e. The van der Waals surface area contributed by atoms with E-state index in [2.05, 4.69) is 10.3 Å². The van der Waals surface area contributed by atoms with Gasteiger partial charge >= 0.3 is 0 Å². The molecular weight excluding hydrogens is 403 g/mol. The number of amides is 2. The van der Waals surface area contributed by atoms with Crippen molar-refractivity contribution in [2.45, 2.75) is 18.2 Å². The van der Waals surface area contributed by atoms with Crippen molar-refractivity contribution >= 4 is 45.9 Å². The molecule has 0 radical (unpaired) electrons. The van der Waals surface area contributed by atoms with Crippen molar-refractivity contribution < 1.29 is 14.0 Å². The molecule has 6 nitrogen and oxygen atoms in total. The summed E-state index contributed by atoms with van der Waals surface area (Å²) in [4.78, 5) is 30.8. The van der Waals surface area contributed by atoms with Crippen molar-refractivity contribution in [2.75, 3.05) is 25.2 Å². The number of anilines is 2. The number of nitrogens with zero attached hydrogens (tertiary/aromatic N) is 2. The van der Waals surface area contributed by atoms with Crippen molar-refractivity contribution in [3.8, 4) is 0 Å². The van der Waals surface area contributed by atoms with E-state index in [1.54, 1.807) is 42.9 Å². The van der Waals surface area contributed by atoms with E-state index in [0.717, 1.165) is 10.5 Å². The summed E-state index contributed by atoms with van der Waals surface area (Å²) in [6.07, 6.45) is 1.85. The van der Waals surface area contributed by atoms with Gasteiger partial charge < -0.3 is 16.0 Å². The van der Waals surface area contributed by atoms with Gasteiger partial charge in [-0.05, 0) is 42.8 Å². The van der Waals surface area contributed by atoms with Gasteiger partial charge in [-0.15, -0.1) is 11.8 Å². The number of hydrogen-bond acceptors (Lipinski definition) is 5. The molecular formula is C22H23FN4O2S. The fourth-order valence-corrected chi connectivity index (χ4v) is 4.02. The van der Waals surface area contributed by atoms with Crippen LogP contribution in [0.4, 0.5) is 15.8 Å². The van der Waals surface area contributed by atoms with Gasteiger partial charge in [0.2, 0.25) is 5.91 Å². The number of benzene rings is 2. The van der Waals surface area contributed by atoms with E-state index in [9.17, 15) is 14.0 Å². The zero-order valence-corrected chi connectivity index (χ0v) is 17.8. The summed E-state index contributed by atoms with van der Waals surface area (Å²) in [5, 5.41) is 3.84. The Morgan fingerprint density at radius 2 is 2.00 bits per heavy atom. The van der Waals surface area contributed by atoms with Crippen LogP contribution in [0.25, 0.3) is 10.9 Å². The molecule has 1 heterocycles. The molecule has 0 aliphatic heterocycles. The molecule has 0 aliphatic carbocycles. The number of primary amides is 1. The lowest BCUT2D eigenvalue weighted by Gasteiger charge is -2.16. The van der Waals surface area contributed by atoms with Crippen molar-refractivity contribution in [1.82, 2.24) is 9.88 Å². The normalized spacial score (nSPS) is 10.8. The molecule has 0 saturated carbocycles. The molecule has 30 heavy (non-hydrogen) atoms. The Hall–Kier alpha value is -3.13. The Balaban J connectivity index is 2.02. The summed E-state index contributed by atoms with van der Waals surface area (Å²) in [7, 11) is 3.46. The maximum absolute atomic E-state index is 13.7. The quantitative estimate of drug-likeness (QED) is 0.556. The fraction of sp³-hybridized carbons (Fsp3) is 0.227. The largest absolute Gasteiger partial charge is 0.365 e. The minimum absolute atomic E-state index is 0.0613. The molecule has 0 atom stereocenters. The lowest BCUT2D eigenvalue weighted by atomic mass is 10.1. The molecule has 156 valence electrons. The first kappa shape index (κ1) is 21.6. The van der Waals surface area contributed by atoms with Gasteiger partial charge in [0, 0.05) is 48.4 Å².